The van der Waals surface area contributed by atoms with Gasteiger partial charge in [0.1, 0.15) is 23.0 Å². The van der Waals surface area contributed by atoms with E-state index in [-0.39, 0.29) is 24.4 Å². The lowest BCUT2D eigenvalue weighted by Gasteiger charge is -2.16. The molecule has 0 aliphatic carbocycles. The SMILES string of the molecule is CCOC(=O)C(C(=O)OCC)=C(c1ccc(Cn2c(CC)nc3c(C)cc(C)nc32)cc1)c1ccc(F)cc1F. The van der Waals surface area contributed by atoms with Crippen LogP contribution in [-0.4, -0.2) is 39.7 Å². The number of hydrogen-bond acceptors (Lipinski definition) is 6. The van der Waals surface area contributed by atoms with Crippen LogP contribution in [-0.2, 0) is 32.0 Å². The molecule has 0 aliphatic rings. The summed E-state index contributed by atoms with van der Waals surface area (Å²) in [5, 5.41) is 0. The van der Waals surface area contributed by atoms with Gasteiger partial charge in [0.05, 0.1) is 19.8 Å². The molecule has 0 unspecified atom stereocenters. The van der Waals surface area contributed by atoms with Crippen molar-refractivity contribution < 1.29 is 27.8 Å². The first-order chi connectivity index (χ1) is 19.2. The summed E-state index contributed by atoms with van der Waals surface area (Å²) in [6.45, 7) is 9.63. The number of hydrogen-bond donors (Lipinski definition) is 0. The Hall–Kier alpha value is -4.40. The summed E-state index contributed by atoms with van der Waals surface area (Å²) < 4.78 is 41.2. The summed E-state index contributed by atoms with van der Waals surface area (Å²) in [4.78, 5) is 35.4. The molecule has 0 bridgehead atoms. The van der Waals surface area contributed by atoms with E-state index in [2.05, 4.69) is 4.57 Å². The highest BCUT2D eigenvalue weighted by Gasteiger charge is 2.29. The van der Waals surface area contributed by atoms with Crippen LogP contribution in [0.2, 0.25) is 0 Å². The topological polar surface area (TPSA) is 83.3 Å². The third-order valence-electron chi connectivity index (χ3n) is 6.41. The molecule has 0 amide bonds. The van der Waals surface area contributed by atoms with Crippen molar-refractivity contribution >= 4 is 28.7 Å². The minimum absolute atomic E-state index is 0.00847. The summed E-state index contributed by atoms with van der Waals surface area (Å²) in [5.74, 6) is -2.75. The van der Waals surface area contributed by atoms with Gasteiger partial charge >= 0.3 is 11.9 Å². The maximum atomic E-state index is 15.1. The summed E-state index contributed by atoms with van der Waals surface area (Å²) in [6.07, 6.45) is 0.714. The van der Waals surface area contributed by atoms with Crippen LogP contribution in [0.4, 0.5) is 8.78 Å². The maximum Gasteiger partial charge on any atom is 0.346 e. The van der Waals surface area contributed by atoms with Gasteiger partial charge in [-0.25, -0.2) is 28.3 Å². The van der Waals surface area contributed by atoms with E-state index in [0.29, 0.717) is 24.6 Å². The van der Waals surface area contributed by atoms with E-state index in [1.54, 1.807) is 26.0 Å². The van der Waals surface area contributed by atoms with E-state index in [1.807, 2.05) is 39.0 Å². The number of imidazole rings is 1. The molecular weight excluding hydrogens is 516 g/mol. The van der Waals surface area contributed by atoms with E-state index in [1.165, 1.54) is 6.07 Å². The predicted octanol–water partition coefficient (Wildman–Crippen LogP) is 5.87. The molecule has 0 saturated heterocycles. The molecule has 40 heavy (non-hydrogen) atoms. The van der Waals surface area contributed by atoms with Crippen LogP contribution in [0.1, 0.15) is 54.5 Å². The first-order valence-corrected chi connectivity index (χ1v) is 13.1. The van der Waals surface area contributed by atoms with Gasteiger partial charge in [-0.15, -0.1) is 0 Å². The Morgan fingerprint density at radius 3 is 2.10 bits per heavy atom. The van der Waals surface area contributed by atoms with Gasteiger partial charge in [-0.05, 0) is 62.6 Å². The van der Waals surface area contributed by atoms with Crippen LogP contribution in [0.25, 0.3) is 16.7 Å². The Bertz CT molecular complexity index is 1590. The van der Waals surface area contributed by atoms with E-state index >= 15 is 4.39 Å². The highest BCUT2D eigenvalue weighted by atomic mass is 19.1. The zero-order valence-electron chi connectivity index (χ0n) is 23.2. The third-order valence-corrected chi connectivity index (χ3v) is 6.41. The molecule has 0 fully saturated rings. The van der Waals surface area contributed by atoms with Gasteiger partial charge in [0, 0.05) is 29.3 Å². The van der Waals surface area contributed by atoms with Gasteiger partial charge in [-0.3, -0.25) is 0 Å². The average Bonchev–Trinajstić information content (AvgIpc) is 3.26. The Kier molecular flexibility index (Phi) is 8.72. The van der Waals surface area contributed by atoms with E-state index in [4.69, 9.17) is 19.4 Å². The second-order valence-electron chi connectivity index (χ2n) is 9.23. The molecule has 7 nitrogen and oxygen atoms in total. The van der Waals surface area contributed by atoms with Crippen molar-refractivity contribution in [2.45, 2.75) is 47.6 Å². The van der Waals surface area contributed by atoms with Crippen molar-refractivity contribution in [1.82, 2.24) is 14.5 Å². The number of carbonyl (C=O) groups excluding carboxylic acids is 2. The molecule has 4 aromatic rings. The number of carbonyl (C=O) groups is 2. The Morgan fingerprint density at radius 1 is 0.875 bits per heavy atom. The number of aryl methyl sites for hydroxylation is 3. The molecule has 208 valence electrons. The Morgan fingerprint density at radius 2 is 1.52 bits per heavy atom. The summed E-state index contributed by atoms with van der Waals surface area (Å²) in [7, 11) is 0. The van der Waals surface area contributed by atoms with Gasteiger partial charge in [0.25, 0.3) is 0 Å². The first kappa shape index (κ1) is 28.6. The zero-order chi connectivity index (χ0) is 29.0. The number of nitrogens with zero attached hydrogens (tertiary/aromatic N) is 3. The van der Waals surface area contributed by atoms with Crippen LogP contribution in [0, 0.1) is 25.5 Å². The average molecular weight is 548 g/mol. The van der Waals surface area contributed by atoms with Gasteiger partial charge in [-0.2, -0.15) is 0 Å². The molecular formula is C31H31F2N3O4. The summed E-state index contributed by atoms with van der Waals surface area (Å²) >= 11 is 0. The predicted molar refractivity (Wildman–Crippen MR) is 148 cm³/mol. The summed E-state index contributed by atoms with van der Waals surface area (Å²) in [6, 6.07) is 12.0. The number of rotatable bonds is 9. The second-order valence-corrected chi connectivity index (χ2v) is 9.23. The smallest absolute Gasteiger partial charge is 0.346 e. The van der Waals surface area contributed by atoms with Crippen LogP contribution >= 0.6 is 0 Å². The van der Waals surface area contributed by atoms with Crippen molar-refractivity contribution in [3.05, 3.63) is 99.5 Å². The van der Waals surface area contributed by atoms with Crippen LogP contribution in [0.15, 0.2) is 54.1 Å². The van der Waals surface area contributed by atoms with E-state index in [9.17, 15) is 14.0 Å². The highest BCUT2D eigenvalue weighted by molar-refractivity contribution is 6.22. The standard InChI is InChI=1S/C31H31F2N3O4/c1-6-25-35-28-18(4)15-19(5)34-29(28)36(25)17-20-9-11-21(12-10-20)26(23-14-13-22(32)16-24(23)33)27(30(37)39-7-2)31(38)40-8-3/h9-16H,6-8,17H2,1-5H3. The van der Waals surface area contributed by atoms with E-state index in [0.717, 1.165) is 39.9 Å². The fourth-order valence-electron chi connectivity index (χ4n) is 4.66. The van der Waals surface area contributed by atoms with Gasteiger partial charge in [0.2, 0.25) is 0 Å². The van der Waals surface area contributed by atoms with Gasteiger partial charge in [-0.1, -0.05) is 31.2 Å². The van der Waals surface area contributed by atoms with Crippen molar-refractivity contribution in [2.24, 2.45) is 0 Å². The minimum Gasteiger partial charge on any atom is -0.462 e. The zero-order valence-corrected chi connectivity index (χ0v) is 23.2. The molecule has 0 N–H and O–H groups in total. The molecule has 2 aromatic heterocycles. The fourth-order valence-corrected chi connectivity index (χ4v) is 4.66. The van der Waals surface area contributed by atoms with Crippen molar-refractivity contribution in [3.63, 3.8) is 0 Å². The lowest BCUT2D eigenvalue weighted by Crippen LogP contribution is -2.21. The quantitative estimate of drug-likeness (QED) is 0.113. The molecule has 2 heterocycles. The second kappa shape index (κ2) is 12.2. The van der Waals surface area contributed by atoms with Crippen molar-refractivity contribution in [1.29, 1.82) is 0 Å². The molecule has 4 rings (SSSR count). The molecule has 0 atom stereocenters. The van der Waals surface area contributed by atoms with Crippen LogP contribution < -0.4 is 0 Å². The molecule has 0 aliphatic heterocycles. The monoisotopic (exact) mass is 547 g/mol. The number of benzene rings is 2. The highest BCUT2D eigenvalue weighted by Crippen LogP contribution is 2.32. The number of halogens is 2. The van der Waals surface area contributed by atoms with Crippen molar-refractivity contribution in [3.8, 4) is 0 Å². The molecule has 0 spiro atoms. The van der Waals surface area contributed by atoms with Crippen molar-refractivity contribution in [2.75, 3.05) is 13.2 Å². The number of esters is 2. The van der Waals surface area contributed by atoms with Gasteiger partial charge < -0.3 is 14.0 Å². The molecule has 0 saturated carbocycles. The molecule has 0 radical (unpaired) electrons. The molecule has 9 heteroatoms. The lowest BCUT2D eigenvalue weighted by molar-refractivity contribution is -0.146. The maximum absolute atomic E-state index is 15.1. The fraction of sp³-hybridized carbons (Fsp3) is 0.290. The lowest BCUT2D eigenvalue weighted by atomic mass is 9.91. The number of fused-ring (bicyclic) bond motifs is 1. The Balaban J connectivity index is 1.85. The Labute approximate surface area is 231 Å². The summed E-state index contributed by atoms with van der Waals surface area (Å²) in [5.41, 5.74) is 4.20. The minimum atomic E-state index is -0.960. The number of aromatic nitrogens is 3. The number of ether oxygens (including phenoxy) is 2. The number of pyridine rings is 1. The molecule has 2 aromatic carbocycles. The van der Waals surface area contributed by atoms with Gasteiger partial charge in [0.15, 0.2) is 11.2 Å². The third kappa shape index (κ3) is 5.78. The van der Waals surface area contributed by atoms with E-state index < -0.39 is 29.1 Å². The normalized spacial score (nSPS) is 11.0. The van der Waals surface area contributed by atoms with Crippen LogP contribution in [0.5, 0.6) is 0 Å². The first-order valence-electron chi connectivity index (χ1n) is 13.1. The largest absolute Gasteiger partial charge is 0.462 e. The van der Waals surface area contributed by atoms with Crippen LogP contribution in [0.3, 0.4) is 0 Å².